The van der Waals surface area contributed by atoms with E-state index in [0.717, 1.165) is 29.7 Å². The molecule has 1 saturated heterocycles. The van der Waals surface area contributed by atoms with Gasteiger partial charge in [-0.1, -0.05) is 25.5 Å². The fraction of sp³-hybridized carbons (Fsp3) is 0.412. The minimum Gasteiger partial charge on any atom is -0.295 e. The molecule has 23 heavy (non-hydrogen) atoms. The van der Waals surface area contributed by atoms with Crippen molar-refractivity contribution in [3.63, 3.8) is 0 Å². The van der Waals surface area contributed by atoms with Crippen molar-refractivity contribution in [2.24, 2.45) is 0 Å². The number of piperidine rings is 1. The van der Waals surface area contributed by atoms with Crippen LogP contribution in [0.1, 0.15) is 58.9 Å². The number of unbranched alkanes of at least 4 members (excludes halogenated alkanes) is 1. The third kappa shape index (κ3) is 2.54. The molecule has 2 heterocycles. The predicted octanol–water partition coefficient (Wildman–Crippen LogP) is 1.43. The predicted molar refractivity (Wildman–Crippen MR) is 81.7 cm³/mol. The van der Waals surface area contributed by atoms with E-state index in [1.807, 2.05) is 6.07 Å². The summed E-state index contributed by atoms with van der Waals surface area (Å²) in [7, 11) is 0. The second kappa shape index (κ2) is 5.95. The molecule has 3 rings (SSSR count). The summed E-state index contributed by atoms with van der Waals surface area (Å²) in [5.41, 5.74) is 1.61. The Morgan fingerprint density at radius 1 is 1.17 bits per heavy atom. The van der Waals surface area contributed by atoms with Gasteiger partial charge >= 0.3 is 0 Å². The number of carbonyl (C=O) groups is 4. The Labute approximate surface area is 133 Å². The van der Waals surface area contributed by atoms with Gasteiger partial charge in [0, 0.05) is 6.42 Å². The van der Waals surface area contributed by atoms with Crippen molar-refractivity contribution in [1.29, 1.82) is 0 Å². The molecule has 0 saturated carbocycles. The van der Waals surface area contributed by atoms with Crippen LogP contribution in [0.2, 0.25) is 0 Å². The number of imide groups is 2. The number of carbonyl (C=O) groups excluding carboxylic acids is 4. The quantitative estimate of drug-likeness (QED) is 0.852. The van der Waals surface area contributed by atoms with Crippen LogP contribution in [0.4, 0.5) is 0 Å². The van der Waals surface area contributed by atoms with Crippen LogP contribution in [-0.4, -0.2) is 34.6 Å². The van der Waals surface area contributed by atoms with Crippen LogP contribution < -0.4 is 5.32 Å². The standard InChI is InChI=1S/C17H18N2O4/c1-2-3-5-10-6-4-7-11-14(10)17(23)19(16(11)22)12-8-9-13(20)18-15(12)21/h4,6-7,12H,2-3,5,8-9H2,1H3,(H,18,20,21). The van der Waals surface area contributed by atoms with Crippen LogP contribution in [0.3, 0.4) is 0 Å². The lowest BCUT2D eigenvalue weighted by Crippen LogP contribution is -2.54. The molecule has 120 valence electrons. The van der Waals surface area contributed by atoms with E-state index in [1.165, 1.54) is 0 Å². The number of aryl methyl sites for hydroxylation is 1. The average Bonchev–Trinajstić information content (AvgIpc) is 2.78. The van der Waals surface area contributed by atoms with Crippen molar-refractivity contribution in [2.75, 3.05) is 0 Å². The monoisotopic (exact) mass is 314 g/mol. The van der Waals surface area contributed by atoms with Crippen molar-refractivity contribution in [3.8, 4) is 0 Å². The molecular formula is C17H18N2O4. The van der Waals surface area contributed by atoms with Gasteiger partial charge in [-0.2, -0.15) is 0 Å². The Hall–Kier alpha value is -2.50. The first-order chi connectivity index (χ1) is 11.0. The average molecular weight is 314 g/mol. The molecule has 2 aliphatic heterocycles. The fourth-order valence-electron chi connectivity index (χ4n) is 3.16. The number of benzene rings is 1. The number of fused-ring (bicyclic) bond motifs is 1. The first-order valence-electron chi connectivity index (χ1n) is 7.88. The van der Waals surface area contributed by atoms with Crippen LogP contribution in [-0.2, 0) is 16.0 Å². The minimum atomic E-state index is -0.904. The maximum atomic E-state index is 12.8. The second-order valence-corrected chi connectivity index (χ2v) is 5.89. The van der Waals surface area contributed by atoms with Crippen molar-refractivity contribution < 1.29 is 19.2 Å². The Bertz CT molecular complexity index is 711. The van der Waals surface area contributed by atoms with Gasteiger partial charge in [0.05, 0.1) is 11.1 Å². The molecule has 0 aliphatic carbocycles. The number of hydrogen-bond acceptors (Lipinski definition) is 4. The van der Waals surface area contributed by atoms with Crippen LogP contribution >= 0.6 is 0 Å². The van der Waals surface area contributed by atoms with Gasteiger partial charge in [0.15, 0.2) is 0 Å². The summed E-state index contributed by atoms with van der Waals surface area (Å²) >= 11 is 0. The molecule has 6 nitrogen and oxygen atoms in total. The summed E-state index contributed by atoms with van der Waals surface area (Å²) in [5.74, 6) is -1.82. The number of hydrogen-bond donors (Lipinski definition) is 1. The van der Waals surface area contributed by atoms with Crippen LogP contribution in [0.25, 0.3) is 0 Å². The van der Waals surface area contributed by atoms with Crippen LogP contribution in [0.5, 0.6) is 0 Å². The third-order valence-electron chi connectivity index (χ3n) is 4.35. The molecule has 1 unspecified atom stereocenters. The molecule has 6 heteroatoms. The van der Waals surface area contributed by atoms with Crippen molar-refractivity contribution in [1.82, 2.24) is 10.2 Å². The molecule has 1 aromatic carbocycles. The van der Waals surface area contributed by atoms with E-state index in [4.69, 9.17) is 0 Å². The summed E-state index contributed by atoms with van der Waals surface area (Å²) in [4.78, 5) is 49.7. The molecule has 1 fully saturated rings. The first kappa shape index (κ1) is 15.4. The van der Waals surface area contributed by atoms with Crippen molar-refractivity contribution in [3.05, 3.63) is 34.9 Å². The van der Waals surface area contributed by atoms with Gasteiger partial charge in [0.2, 0.25) is 11.8 Å². The van der Waals surface area contributed by atoms with E-state index in [2.05, 4.69) is 12.2 Å². The van der Waals surface area contributed by atoms with Crippen molar-refractivity contribution >= 4 is 23.6 Å². The molecule has 4 amide bonds. The Kier molecular flexibility index (Phi) is 3.98. The zero-order valence-electron chi connectivity index (χ0n) is 12.9. The molecule has 0 radical (unpaired) electrons. The van der Waals surface area contributed by atoms with Gasteiger partial charge < -0.3 is 0 Å². The number of amides is 4. The largest absolute Gasteiger partial charge is 0.295 e. The fourth-order valence-corrected chi connectivity index (χ4v) is 3.16. The third-order valence-corrected chi connectivity index (χ3v) is 4.35. The Morgan fingerprint density at radius 3 is 2.65 bits per heavy atom. The van der Waals surface area contributed by atoms with Crippen LogP contribution in [0, 0.1) is 0 Å². The zero-order chi connectivity index (χ0) is 16.6. The smallest absolute Gasteiger partial charge is 0.262 e. The van der Waals surface area contributed by atoms with Crippen LogP contribution in [0.15, 0.2) is 18.2 Å². The summed E-state index contributed by atoms with van der Waals surface area (Å²) < 4.78 is 0. The topological polar surface area (TPSA) is 83.6 Å². The number of nitrogens with one attached hydrogen (secondary N) is 1. The van der Waals surface area contributed by atoms with E-state index >= 15 is 0 Å². The van der Waals surface area contributed by atoms with Gasteiger partial charge in [-0.25, -0.2) is 0 Å². The lowest BCUT2D eigenvalue weighted by molar-refractivity contribution is -0.136. The lowest BCUT2D eigenvalue weighted by Gasteiger charge is -2.27. The maximum Gasteiger partial charge on any atom is 0.262 e. The summed E-state index contributed by atoms with van der Waals surface area (Å²) in [6, 6.07) is 4.34. The Balaban J connectivity index is 1.94. The molecule has 1 aromatic rings. The number of nitrogens with zero attached hydrogens (tertiary/aromatic N) is 1. The maximum absolute atomic E-state index is 12.8. The summed E-state index contributed by atoms with van der Waals surface area (Å²) in [5, 5.41) is 2.20. The molecule has 1 N–H and O–H groups in total. The first-order valence-corrected chi connectivity index (χ1v) is 7.88. The summed E-state index contributed by atoms with van der Waals surface area (Å²) in [6.07, 6.45) is 2.95. The molecule has 0 bridgehead atoms. The highest BCUT2D eigenvalue weighted by Crippen LogP contribution is 2.30. The van der Waals surface area contributed by atoms with E-state index in [1.54, 1.807) is 12.1 Å². The normalized spacial score (nSPS) is 20.7. The molecule has 2 aliphatic rings. The molecule has 0 aromatic heterocycles. The minimum absolute atomic E-state index is 0.131. The van der Waals surface area contributed by atoms with Gasteiger partial charge in [-0.05, 0) is 30.9 Å². The van der Waals surface area contributed by atoms with E-state index in [-0.39, 0.29) is 18.7 Å². The molecule has 1 atom stereocenters. The highest BCUT2D eigenvalue weighted by molar-refractivity contribution is 6.24. The molecular weight excluding hydrogens is 296 g/mol. The van der Waals surface area contributed by atoms with Gasteiger partial charge in [0.1, 0.15) is 6.04 Å². The van der Waals surface area contributed by atoms with E-state index < -0.39 is 23.8 Å². The summed E-state index contributed by atoms with van der Waals surface area (Å²) in [6.45, 7) is 2.06. The SMILES string of the molecule is CCCCc1cccc2c1C(=O)N(C1CCC(=O)NC1=O)C2=O. The highest BCUT2D eigenvalue weighted by Gasteiger charge is 2.45. The van der Waals surface area contributed by atoms with Gasteiger partial charge in [-0.3, -0.25) is 29.4 Å². The Morgan fingerprint density at radius 2 is 1.96 bits per heavy atom. The highest BCUT2D eigenvalue weighted by atomic mass is 16.2. The van der Waals surface area contributed by atoms with Gasteiger partial charge in [-0.15, -0.1) is 0 Å². The molecule has 0 spiro atoms. The zero-order valence-corrected chi connectivity index (χ0v) is 12.9. The van der Waals surface area contributed by atoms with Crippen molar-refractivity contribution in [2.45, 2.75) is 45.1 Å². The van der Waals surface area contributed by atoms with Gasteiger partial charge in [0.25, 0.3) is 11.8 Å². The van der Waals surface area contributed by atoms with E-state index in [9.17, 15) is 19.2 Å². The number of rotatable bonds is 4. The van der Waals surface area contributed by atoms with E-state index in [0.29, 0.717) is 11.1 Å². The second-order valence-electron chi connectivity index (χ2n) is 5.89. The lowest BCUT2D eigenvalue weighted by atomic mass is 9.98.